The Balaban J connectivity index is 1.79. The lowest BCUT2D eigenvalue weighted by molar-refractivity contribution is -0.195. The molecule has 2 bridgehead atoms. The third kappa shape index (κ3) is 3.03. The molecule has 1 aromatic carbocycles. The summed E-state index contributed by atoms with van der Waals surface area (Å²) in [5.41, 5.74) is -2.42. The summed E-state index contributed by atoms with van der Waals surface area (Å²) in [5.74, 6) is -2.07. The lowest BCUT2D eigenvalue weighted by Crippen LogP contribution is -2.60. The van der Waals surface area contributed by atoms with E-state index in [2.05, 4.69) is 5.32 Å². The average Bonchev–Trinajstić information content (AvgIpc) is 2.80. The molecule has 1 aromatic rings. The number of cyclic esters (lactones) is 2. The average molecular weight is 401 g/mol. The molecule has 2 aliphatic rings. The third-order valence-corrected chi connectivity index (χ3v) is 6.74. The monoisotopic (exact) mass is 401 g/mol. The Morgan fingerprint density at radius 2 is 1.69 bits per heavy atom. The molecular weight excluding hydrogens is 374 g/mol. The molecule has 1 aliphatic carbocycles. The number of anilines is 1. The number of esters is 3. The van der Waals surface area contributed by atoms with Gasteiger partial charge >= 0.3 is 17.9 Å². The molecule has 29 heavy (non-hydrogen) atoms. The zero-order valence-electron chi connectivity index (χ0n) is 17.5. The van der Waals surface area contributed by atoms with Crippen molar-refractivity contribution < 1.29 is 28.7 Å². The van der Waals surface area contributed by atoms with E-state index in [-0.39, 0.29) is 12.3 Å². The molecule has 0 spiro atoms. The summed E-state index contributed by atoms with van der Waals surface area (Å²) in [4.78, 5) is 50.2. The maximum Gasteiger partial charge on any atom is 0.338 e. The minimum absolute atomic E-state index is 0.236. The predicted molar refractivity (Wildman–Crippen MR) is 105 cm³/mol. The second kappa shape index (κ2) is 6.97. The SMILES string of the molecule is CC(C)COC(=O)c1ccc(NC(=O)C23CCC(C)(C(=O)OC2=O)C3(C)C)cc1. The normalized spacial score (nSPS) is 27.5. The highest BCUT2D eigenvalue weighted by molar-refractivity contribution is 6.15. The second-order valence-corrected chi connectivity index (χ2v) is 9.06. The van der Waals surface area contributed by atoms with E-state index in [1.54, 1.807) is 45.0 Å². The summed E-state index contributed by atoms with van der Waals surface area (Å²) in [6, 6.07) is 6.28. The van der Waals surface area contributed by atoms with Crippen LogP contribution < -0.4 is 5.32 Å². The number of amides is 1. The Morgan fingerprint density at radius 3 is 2.28 bits per heavy atom. The van der Waals surface area contributed by atoms with E-state index in [1.165, 1.54) is 0 Å². The van der Waals surface area contributed by atoms with Crippen LogP contribution in [0.1, 0.15) is 57.8 Å². The van der Waals surface area contributed by atoms with Crippen molar-refractivity contribution in [1.82, 2.24) is 0 Å². The maximum absolute atomic E-state index is 13.2. The molecule has 1 N–H and O–H groups in total. The van der Waals surface area contributed by atoms with Crippen LogP contribution in [0.4, 0.5) is 5.69 Å². The molecule has 1 saturated carbocycles. The smallest absolute Gasteiger partial charge is 0.338 e. The first-order valence-electron chi connectivity index (χ1n) is 9.81. The maximum atomic E-state index is 13.2. The van der Waals surface area contributed by atoms with Crippen LogP contribution in [0.25, 0.3) is 0 Å². The van der Waals surface area contributed by atoms with E-state index >= 15 is 0 Å². The van der Waals surface area contributed by atoms with E-state index in [1.807, 2.05) is 13.8 Å². The quantitative estimate of drug-likeness (QED) is 0.600. The number of carbonyl (C=O) groups is 4. The van der Waals surface area contributed by atoms with Gasteiger partial charge in [0.2, 0.25) is 5.91 Å². The van der Waals surface area contributed by atoms with Crippen LogP contribution in [0.2, 0.25) is 0 Å². The standard InChI is InChI=1S/C22H27NO6/c1-13(2)12-28-16(24)14-6-8-15(9-7-14)23-17(25)22-11-10-21(5,20(22,3)4)18(26)29-19(22)27/h6-9,13H,10-12H2,1-5H3,(H,23,25). The number of benzene rings is 1. The first kappa shape index (κ1) is 21.0. The molecule has 7 heteroatoms. The molecular formula is C22H27NO6. The number of carbonyl (C=O) groups excluding carboxylic acids is 4. The Kier molecular flexibility index (Phi) is 5.05. The van der Waals surface area contributed by atoms with Gasteiger partial charge in [-0.25, -0.2) is 4.79 Å². The van der Waals surface area contributed by atoms with Gasteiger partial charge in [0.25, 0.3) is 0 Å². The van der Waals surface area contributed by atoms with Gasteiger partial charge in [0.1, 0.15) is 0 Å². The fraction of sp³-hybridized carbons (Fsp3) is 0.545. The Labute approximate surface area is 170 Å². The molecule has 2 fully saturated rings. The number of nitrogens with one attached hydrogen (secondary N) is 1. The molecule has 2 unspecified atom stereocenters. The summed E-state index contributed by atoms with van der Waals surface area (Å²) in [6.07, 6.45) is 0.644. The highest BCUT2D eigenvalue weighted by atomic mass is 16.6. The fourth-order valence-corrected chi connectivity index (χ4v) is 4.28. The topological polar surface area (TPSA) is 98.8 Å². The highest BCUT2D eigenvalue weighted by Gasteiger charge is 2.75. The van der Waals surface area contributed by atoms with Gasteiger partial charge in [-0.1, -0.05) is 27.7 Å². The summed E-state index contributed by atoms with van der Waals surface area (Å²) >= 11 is 0. The van der Waals surface area contributed by atoms with Crippen molar-refractivity contribution in [3.8, 4) is 0 Å². The van der Waals surface area contributed by atoms with Crippen LogP contribution in [0.3, 0.4) is 0 Å². The highest BCUT2D eigenvalue weighted by Crippen LogP contribution is 2.66. The van der Waals surface area contributed by atoms with Gasteiger partial charge < -0.3 is 14.8 Å². The van der Waals surface area contributed by atoms with Gasteiger partial charge in [-0.2, -0.15) is 0 Å². The minimum Gasteiger partial charge on any atom is -0.462 e. The fourth-order valence-electron chi connectivity index (χ4n) is 4.28. The molecule has 1 aliphatic heterocycles. The molecule has 1 amide bonds. The molecule has 2 atom stereocenters. The van der Waals surface area contributed by atoms with Crippen LogP contribution >= 0.6 is 0 Å². The number of hydrogen-bond acceptors (Lipinski definition) is 6. The number of rotatable bonds is 5. The summed E-state index contributed by atoms with van der Waals surface area (Å²) in [7, 11) is 0. The van der Waals surface area contributed by atoms with Gasteiger partial charge in [-0.15, -0.1) is 0 Å². The van der Waals surface area contributed by atoms with Crippen molar-refractivity contribution in [2.75, 3.05) is 11.9 Å². The first-order chi connectivity index (χ1) is 13.5. The largest absolute Gasteiger partial charge is 0.462 e. The number of ether oxygens (including phenoxy) is 2. The lowest BCUT2D eigenvalue weighted by Gasteiger charge is -2.48. The van der Waals surface area contributed by atoms with Crippen LogP contribution in [-0.4, -0.2) is 30.4 Å². The molecule has 156 valence electrons. The lowest BCUT2D eigenvalue weighted by atomic mass is 9.57. The van der Waals surface area contributed by atoms with Gasteiger partial charge in [0.05, 0.1) is 17.6 Å². The Morgan fingerprint density at radius 1 is 1.07 bits per heavy atom. The van der Waals surface area contributed by atoms with Gasteiger partial charge in [-0.05, 0) is 49.9 Å². The third-order valence-electron chi connectivity index (χ3n) is 6.74. The molecule has 0 aromatic heterocycles. The van der Waals surface area contributed by atoms with Crippen LogP contribution in [-0.2, 0) is 23.9 Å². The number of hydrogen-bond donors (Lipinski definition) is 1. The van der Waals surface area contributed by atoms with Gasteiger partial charge in [0, 0.05) is 11.1 Å². The van der Waals surface area contributed by atoms with E-state index in [4.69, 9.17) is 9.47 Å². The van der Waals surface area contributed by atoms with Crippen molar-refractivity contribution in [3.63, 3.8) is 0 Å². The van der Waals surface area contributed by atoms with Crippen molar-refractivity contribution in [1.29, 1.82) is 0 Å². The van der Waals surface area contributed by atoms with Crippen molar-refractivity contribution in [2.45, 2.75) is 47.5 Å². The molecule has 0 radical (unpaired) electrons. The van der Waals surface area contributed by atoms with Crippen LogP contribution in [0.5, 0.6) is 0 Å². The molecule has 1 saturated heterocycles. The predicted octanol–water partition coefficient (Wildman–Crippen LogP) is 3.33. The summed E-state index contributed by atoms with van der Waals surface area (Å²) in [5, 5.41) is 2.76. The van der Waals surface area contributed by atoms with Gasteiger partial charge in [0.15, 0.2) is 5.41 Å². The minimum atomic E-state index is -1.44. The first-order valence-corrected chi connectivity index (χ1v) is 9.81. The second-order valence-electron chi connectivity index (χ2n) is 9.06. The van der Waals surface area contributed by atoms with Crippen molar-refractivity contribution in [3.05, 3.63) is 29.8 Å². The van der Waals surface area contributed by atoms with E-state index in [0.29, 0.717) is 24.3 Å². The Bertz CT molecular complexity index is 872. The number of fused-ring (bicyclic) bond motifs is 2. The van der Waals surface area contributed by atoms with Crippen LogP contribution in [0, 0.1) is 22.2 Å². The zero-order valence-corrected chi connectivity index (χ0v) is 17.5. The van der Waals surface area contributed by atoms with Crippen LogP contribution in [0.15, 0.2) is 24.3 Å². The van der Waals surface area contributed by atoms with Crippen molar-refractivity contribution >= 4 is 29.5 Å². The van der Waals surface area contributed by atoms with Gasteiger partial charge in [-0.3, -0.25) is 14.4 Å². The van der Waals surface area contributed by atoms with Crippen molar-refractivity contribution in [2.24, 2.45) is 22.2 Å². The Hall–Kier alpha value is -2.70. The molecule has 1 heterocycles. The summed E-state index contributed by atoms with van der Waals surface area (Å²) < 4.78 is 10.2. The van der Waals surface area contributed by atoms with E-state index < -0.39 is 40.1 Å². The van der Waals surface area contributed by atoms with E-state index in [9.17, 15) is 19.2 Å². The summed E-state index contributed by atoms with van der Waals surface area (Å²) in [6.45, 7) is 9.51. The zero-order chi connectivity index (χ0) is 21.6. The molecule has 7 nitrogen and oxygen atoms in total. The van der Waals surface area contributed by atoms with E-state index in [0.717, 1.165) is 0 Å². The molecule has 3 rings (SSSR count).